The number of hydrogen-bond donors (Lipinski definition) is 0. The molecule has 0 saturated carbocycles. The smallest absolute Gasteiger partial charge is 0.208 e. The summed E-state index contributed by atoms with van der Waals surface area (Å²) < 4.78 is 5.56. The second-order valence-electron chi connectivity index (χ2n) is 5.82. The third-order valence-corrected chi connectivity index (χ3v) is 4.80. The molecule has 1 aliphatic heterocycles. The van der Waals surface area contributed by atoms with E-state index in [2.05, 4.69) is 39.1 Å². The minimum absolute atomic E-state index is 0.567. The van der Waals surface area contributed by atoms with Crippen LogP contribution in [0, 0.1) is 13.8 Å². The molecular formula is C15H22N4OS. The number of likely N-dealkylation sites (tertiary alicyclic amines) is 1. The predicted molar refractivity (Wildman–Crippen MR) is 83.2 cm³/mol. The summed E-state index contributed by atoms with van der Waals surface area (Å²) in [6, 6.07) is 0.567. The molecule has 21 heavy (non-hydrogen) atoms. The van der Waals surface area contributed by atoms with Crippen LogP contribution < -0.4 is 0 Å². The molecular weight excluding hydrogens is 284 g/mol. The van der Waals surface area contributed by atoms with Gasteiger partial charge >= 0.3 is 0 Å². The minimum Gasteiger partial charge on any atom is -0.445 e. The maximum atomic E-state index is 5.56. The lowest BCUT2D eigenvalue weighted by Gasteiger charge is -2.23. The maximum absolute atomic E-state index is 5.56. The van der Waals surface area contributed by atoms with E-state index in [9.17, 15) is 0 Å². The highest BCUT2D eigenvalue weighted by Crippen LogP contribution is 2.19. The van der Waals surface area contributed by atoms with Gasteiger partial charge in [0.05, 0.1) is 23.4 Å². The van der Waals surface area contributed by atoms with Crippen molar-refractivity contribution in [2.75, 3.05) is 20.1 Å². The lowest BCUT2D eigenvalue weighted by Crippen LogP contribution is -2.34. The van der Waals surface area contributed by atoms with E-state index < -0.39 is 0 Å². The Hall–Kier alpha value is -1.24. The van der Waals surface area contributed by atoms with Crippen LogP contribution in [0.15, 0.2) is 16.0 Å². The van der Waals surface area contributed by atoms with Gasteiger partial charge in [-0.05, 0) is 27.3 Å². The van der Waals surface area contributed by atoms with Gasteiger partial charge in [-0.25, -0.2) is 9.97 Å². The zero-order chi connectivity index (χ0) is 14.8. The van der Waals surface area contributed by atoms with E-state index in [0.717, 1.165) is 42.8 Å². The highest BCUT2D eigenvalue weighted by Gasteiger charge is 2.26. The van der Waals surface area contributed by atoms with E-state index in [0.29, 0.717) is 6.04 Å². The first-order valence-corrected chi connectivity index (χ1v) is 8.23. The second kappa shape index (κ2) is 6.25. The average molecular weight is 306 g/mol. The molecule has 3 rings (SSSR count). The van der Waals surface area contributed by atoms with Gasteiger partial charge in [0, 0.05) is 31.1 Å². The van der Waals surface area contributed by atoms with Crippen molar-refractivity contribution in [1.82, 2.24) is 19.8 Å². The van der Waals surface area contributed by atoms with E-state index in [4.69, 9.17) is 4.42 Å². The van der Waals surface area contributed by atoms with Gasteiger partial charge in [-0.1, -0.05) is 0 Å². The standard InChI is InChI=1S/C15H22N4OS/c1-11-6-16-15(20-11)9-18(3)14-4-5-19(8-14)7-13-10-21-12(2)17-13/h6,10,14H,4-5,7-9H2,1-3H3/t14-/m1/s1. The average Bonchev–Trinajstić information content (AvgIpc) is 3.13. The molecule has 2 aromatic heterocycles. The van der Waals surface area contributed by atoms with Crippen LogP contribution in [0.1, 0.15) is 28.8 Å². The Bertz CT molecular complexity index is 594. The molecule has 3 heterocycles. The first kappa shape index (κ1) is 14.7. The third kappa shape index (κ3) is 3.70. The van der Waals surface area contributed by atoms with E-state index in [-0.39, 0.29) is 0 Å². The van der Waals surface area contributed by atoms with Crippen molar-refractivity contribution in [3.05, 3.63) is 33.9 Å². The van der Waals surface area contributed by atoms with Crippen molar-refractivity contribution in [2.24, 2.45) is 0 Å². The molecule has 1 saturated heterocycles. The Balaban J connectivity index is 1.51. The lowest BCUT2D eigenvalue weighted by atomic mass is 10.2. The normalized spacial score (nSPS) is 19.7. The van der Waals surface area contributed by atoms with Gasteiger partial charge in [0.2, 0.25) is 5.89 Å². The summed E-state index contributed by atoms with van der Waals surface area (Å²) >= 11 is 1.73. The fourth-order valence-electron chi connectivity index (χ4n) is 2.84. The van der Waals surface area contributed by atoms with Crippen LogP contribution in [0.4, 0.5) is 0 Å². The van der Waals surface area contributed by atoms with Gasteiger partial charge in [0.1, 0.15) is 5.76 Å². The largest absolute Gasteiger partial charge is 0.445 e. The van der Waals surface area contributed by atoms with Crippen molar-refractivity contribution < 1.29 is 4.42 Å². The Labute approximate surface area is 129 Å². The second-order valence-corrected chi connectivity index (χ2v) is 6.88. The molecule has 0 aromatic carbocycles. The molecule has 0 N–H and O–H groups in total. The summed E-state index contributed by atoms with van der Waals surface area (Å²) in [6.07, 6.45) is 2.98. The van der Waals surface area contributed by atoms with Gasteiger partial charge in [-0.2, -0.15) is 0 Å². The molecule has 0 radical (unpaired) electrons. The van der Waals surface area contributed by atoms with Crippen molar-refractivity contribution >= 4 is 11.3 Å². The maximum Gasteiger partial charge on any atom is 0.208 e. The molecule has 2 aromatic rings. The zero-order valence-corrected chi connectivity index (χ0v) is 13.7. The van der Waals surface area contributed by atoms with Gasteiger partial charge in [0.25, 0.3) is 0 Å². The Morgan fingerprint density at radius 2 is 2.33 bits per heavy atom. The monoisotopic (exact) mass is 306 g/mol. The summed E-state index contributed by atoms with van der Waals surface area (Å²) in [5.41, 5.74) is 1.20. The predicted octanol–water partition coefficient (Wildman–Crippen LogP) is 2.45. The van der Waals surface area contributed by atoms with Crippen LogP contribution >= 0.6 is 11.3 Å². The molecule has 0 spiro atoms. The molecule has 0 bridgehead atoms. The Kier molecular flexibility index (Phi) is 4.37. The van der Waals surface area contributed by atoms with E-state index in [1.807, 2.05) is 6.92 Å². The molecule has 1 fully saturated rings. The summed E-state index contributed by atoms with van der Waals surface area (Å²) in [6.45, 7) is 7.97. The molecule has 0 unspecified atom stereocenters. The van der Waals surface area contributed by atoms with Crippen LogP contribution in [-0.2, 0) is 13.1 Å². The van der Waals surface area contributed by atoms with E-state index in [1.165, 1.54) is 12.1 Å². The fourth-order valence-corrected chi connectivity index (χ4v) is 3.45. The summed E-state index contributed by atoms with van der Waals surface area (Å²) in [4.78, 5) is 13.7. The zero-order valence-electron chi connectivity index (χ0n) is 12.9. The van der Waals surface area contributed by atoms with Gasteiger partial charge in [0.15, 0.2) is 0 Å². The summed E-state index contributed by atoms with van der Waals surface area (Å²) in [5.74, 6) is 1.69. The molecule has 1 atom stereocenters. The lowest BCUT2D eigenvalue weighted by molar-refractivity contribution is 0.204. The summed E-state index contributed by atoms with van der Waals surface area (Å²) in [7, 11) is 2.15. The highest BCUT2D eigenvalue weighted by atomic mass is 32.1. The van der Waals surface area contributed by atoms with Crippen LogP contribution in [-0.4, -0.2) is 45.9 Å². The Morgan fingerprint density at radius 3 is 3.00 bits per heavy atom. The molecule has 5 nitrogen and oxygen atoms in total. The van der Waals surface area contributed by atoms with Crippen molar-refractivity contribution in [3.8, 4) is 0 Å². The first-order chi connectivity index (χ1) is 10.1. The number of aromatic nitrogens is 2. The summed E-state index contributed by atoms with van der Waals surface area (Å²) in [5, 5.41) is 3.32. The topological polar surface area (TPSA) is 45.4 Å². The minimum atomic E-state index is 0.567. The molecule has 1 aliphatic rings. The van der Waals surface area contributed by atoms with E-state index >= 15 is 0 Å². The van der Waals surface area contributed by atoms with Gasteiger partial charge < -0.3 is 4.42 Å². The van der Waals surface area contributed by atoms with E-state index in [1.54, 1.807) is 17.5 Å². The molecule has 0 aliphatic carbocycles. The number of oxazole rings is 1. The van der Waals surface area contributed by atoms with Gasteiger partial charge in [-0.3, -0.25) is 9.80 Å². The number of aryl methyl sites for hydroxylation is 2. The molecule has 0 amide bonds. The number of hydrogen-bond acceptors (Lipinski definition) is 6. The van der Waals surface area contributed by atoms with Crippen LogP contribution in [0.5, 0.6) is 0 Å². The fraction of sp³-hybridized carbons (Fsp3) is 0.600. The van der Waals surface area contributed by atoms with Crippen molar-refractivity contribution in [3.63, 3.8) is 0 Å². The number of rotatable bonds is 5. The quantitative estimate of drug-likeness (QED) is 0.849. The SMILES string of the molecule is Cc1cnc(CN(C)[C@@H]2CCN(Cc3csc(C)n3)C2)o1. The van der Waals surface area contributed by atoms with Crippen molar-refractivity contribution in [1.29, 1.82) is 0 Å². The third-order valence-electron chi connectivity index (χ3n) is 3.98. The number of thiazole rings is 1. The number of nitrogens with zero attached hydrogens (tertiary/aromatic N) is 4. The molecule has 6 heteroatoms. The molecule has 114 valence electrons. The number of likely N-dealkylation sites (N-methyl/N-ethyl adjacent to an activating group) is 1. The van der Waals surface area contributed by atoms with Crippen LogP contribution in [0.25, 0.3) is 0 Å². The Morgan fingerprint density at radius 1 is 1.48 bits per heavy atom. The van der Waals surface area contributed by atoms with Crippen LogP contribution in [0.2, 0.25) is 0 Å². The first-order valence-electron chi connectivity index (χ1n) is 7.35. The van der Waals surface area contributed by atoms with Crippen LogP contribution in [0.3, 0.4) is 0 Å². The highest BCUT2D eigenvalue weighted by molar-refractivity contribution is 7.09. The van der Waals surface area contributed by atoms with Gasteiger partial charge in [-0.15, -0.1) is 11.3 Å². The van der Waals surface area contributed by atoms with Crippen molar-refractivity contribution in [2.45, 2.75) is 39.4 Å².